The van der Waals surface area contributed by atoms with E-state index in [1.54, 1.807) is 26.6 Å². The maximum Gasteiger partial charge on any atom is 0.416 e. The molecule has 2 amide bonds. The van der Waals surface area contributed by atoms with Gasteiger partial charge < -0.3 is 14.7 Å². The molecular weight excluding hydrogens is 459 g/mol. The van der Waals surface area contributed by atoms with Crippen molar-refractivity contribution in [1.82, 2.24) is 19.6 Å². The molecule has 2 aromatic carbocycles. The van der Waals surface area contributed by atoms with Crippen molar-refractivity contribution < 1.29 is 22.8 Å². The molecule has 35 heavy (non-hydrogen) atoms. The average molecular weight is 483 g/mol. The Morgan fingerprint density at radius 2 is 1.63 bits per heavy atom. The van der Waals surface area contributed by atoms with Gasteiger partial charge in [0.1, 0.15) is 5.69 Å². The Bertz CT molecular complexity index is 1230. The van der Waals surface area contributed by atoms with Gasteiger partial charge in [0.15, 0.2) is 5.69 Å². The first-order valence-electron chi connectivity index (χ1n) is 11.4. The summed E-state index contributed by atoms with van der Waals surface area (Å²) in [5.41, 5.74) is 1.42. The SMILES string of the molecule is O=C(c1cc2n(n1)CCN(Cc1ccccc1)C2=O)N1CCN(c2cccc(C(F)(F)F)c2)CC1. The van der Waals surface area contributed by atoms with Crippen molar-refractivity contribution in [1.29, 1.82) is 0 Å². The van der Waals surface area contributed by atoms with Crippen LogP contribution in [0.5, 0.6) is 0 Å². The van der Waals surface area contributed by atoms with E-state index in [2.05, 4.69) is 5.10 Å². The van der Waals surface area contributed by atoms with Crippen molar-refractivity contribution in [2.45, 2.75) is 19.3 Å². The second kappa shape index (κ2) is 9.09. The van der Waals surface area contributed by atoms with Gasteiger partial charge in [-0.25, -0.2) is 0 Å². The number of halogens is 3. The molecule has 0 atom stereocenters. The van der Waals surface area contributed by atoms with E-state index in [4.69, 9.17) is 0 Å². The van der Waals surface area contributed by atoms with Crippen LogP contribution >= 0.6 is 0 Å². The van der Waals surface area contributed by atoms with Gasteiger partial charge in [-0.1, -0.05) is 36.4 Å². The third-order valence-corrected chi connectivity index (χ3v) is 6.41. The molecule has 0 spiro atoms. The van der Waals surface area contributed by atoms with Crippen molar-refractivity contribution >= 4 is 17.5 Å². The summed E-state index contributed by atoms with van der Waals surface area (Å²) >= 11 is 0. The van der Waals surface area contributed by atoms with E-state index >= 15 is 0 Å². The average Bonchev–Trinajstić information content (AvgIpc) is 3.31. The maximum absolute atomic E-state index is 13.1. The first-order valence-corrected chi connectivity index (χ1v) is 11.4. The van der Waals surface area contributed by atoms with E-state index in [9.17, 15) is 22.8 Å². The molecule has 182 valence electrons. The largest absolute Gasteiger partial charge is 0.416 e. The van der Waals surface area contributed by atoms with Crippen LogP contribution in [0.2, 0.25) is 0 Å². The molecule has 1 aromatic heterocycles. The lowest BCUT2D eigenvalue weighted by Crippen LogP contribution is -2.49. The second-order valence-corrected chi connectivity index (χ2v) is 8.68. The van der Waals surface area contributed by atoms with Crippen molar-refractivity contribution in [3.8, 4) is 0 Å². The summed E-state index contributed by atoms with van der Waals surface area (Å²) in [5.74, 6) is -0.445. The zero-order valence-electron chi connectivity index (χ0n) is 18.9. The number of carbonyl (C=O) groups is 2. The highest BCUT2D eigenvalue weighted by Crippen LogP contribution is 2.32. The van der Waals surface area contributed by atoms with Gasteiger partial charge in [0.05, 0.1) is 12.1 Å². The number of aromatic nitrogens is 2. The Labute approximate surface area is 200 Å². The minimum atomic E-state index is -4.40. The minimum absolute atomic E-state index is 0.166. The summed E-state index contributed by atoms with van der Waals surface area (Å²) in [6.07, 6.45) is -4.40. The lowest BCUT2D eigenvalue weighted by atomic mass is 10.1. The highest BCUT2D eigenvalue weighted by atomic mass is 19.4. The fraction of sp³-hybridized carbons (Fsp3) is 0.320. The molecule has 5 rings (SSSR count). The van der Waals surface area contributed by atoms with Gasteiger partial charge >= 0.3 is 6.18 Å². The van der Waals surface area contributed by atoms with Crippen molar-refractivity contribution in [3.63, 3.8) is 0 Å². The van der Waals surface area contributed by atoms with Gasteiger partial charge in [0.25, 0.3) is 11.8 Å². The smallest absolute Gasteiger partial charge is 0.368 e. The predicted octanol–water partition coefficient (Wildman–Crippen LogP) is 3.52. The van der Waals surface area contributed by atoms with Crippen LogP contribution in [0, 0.1) is 0 Å². The Kier molecular flexibility index (Phi) is 5.96. The second-order valence-electron chi connectivity index (χ2n) is 8.68. The third-order valence-electron chi connectivity index (χ3n) is 6.41. The number of hydrogen-bond donors (Lipinski definition) is 0. The van der Waals surface area contributed by atoms with Crippen LogP contribution < -0.4 is 4.90 Å². The van der Waals surface area contributed by atoms with Crippen molar-refractivity contribution in [3.05, 3.63) is 83.2 Å². The maximum atomic E-state index is 13.1. The number of amides is 2. The number of hydrogen-bond acceptors (Lipinski definition) is 4. The topological polar surface area (TPSA) is 61.7 Å². The van der Waals surface area contributed by atoms with Gasteiger partial charge in [-0.2, -0.15) is 18.3 Å². The molecule has 3 heterocycles. The normalized spacial score (nSPS) is 16.4. The number of alkyl halides is 3. The van der Waals surface area contributed by atoms with Gasteiger partial charge in [-0.15, -0.1) is 0 Å². The van der Waals surface area contributed by atoms with E-state index in [1.807, 2.05) is 35.2 Å². The highest BCUT2D eigenvalue weighted by molar-refractivity contribution is 5.98. The highest BCUT2D eigenvalue weighted by Gasteiger charge is 2.32. The van der Waals surface area contributed by atoms with Gasteiger partial charge in [-0.05, 0) is 23.8 Å². The zero-order valence-corrected chi connectivity index (χ0v) is 18.9. The quantitative estimate of drug-likeness (QED) is 0.570. The zero-order chi connectivity index (χ0) is 24.6. The van der Waals surface area contributed by atoms with Crippen LogP contribution in [0.15, 0.2) is 60.7 Å². The van der Waals surface area contributed by atoms with Crippen LogP contribution in [0.25, 0.3) is 0 Å². The van der Waals surface area contributed by atoms with Crippen molar-refractivity contribution in [2.24, 2.45) is 0 Å². The Hall–Kier alpha value is -3.82. The van der Waals surface area contributed by atoms with Crippen LogP contribution in [-0.2, 0) is 19.3 Å². The molecule has 0 bridgehead atoms. The lowest BCUT2D eigenvalue weighted by molar-refractivity contribution is -0.137. The van der Waals surface area contributed by atoms with Gasteiger partial charge in [0, 0.05) is 51.0 Å². The molecule has 2 aliphatic rings. The number of anilines is 1. The Balaban J connectivity index is 1.23. The summed E-state index contributed by atoms with van der Waals surface area (Å²) in [7, 11) is 0. The molecule has 0 radical (unpaired) electrons. The summed E-state index contributed by atoms with van der Waals surface area (Å²) in [4.78, 5) is 31.3. The number of nitrogens with zero attached hydrogens (tertiary/aromatic N) is 5. The molecule has 10 heteroatoms. The molecule has 0 saturated carbocycles. The van der Waals surface area contributed by atoms with Crippen LogP contribution in [-0.4, -0.2) is 64.1 Å². The van der Waals surface area contributed by atoms with Crippen molar-refractivity contribution in [2.75, 3.05) is 37.6 Å². The molecule has 7 nitrogen and oxygen atoms in total. The monoisotopic (exact) mass is 483 g/mol. The summed E-state index contributed by atoms with van der Waals surface area (Å²) < 4.78 is 40.7. The van der Waals surface area contributed by atoms with E-state index in [0.29, 0.717) is 57.2 Å². The lowest BCUT2D eigenvalue weighted by Gasteiger charge is -2.36. The minimum Gasteiger partial charge on any atom is -0.368 e. The first kappa shape index (κ1) is 22.9. The molecule has 0 unspecified atom stereocenters. The van der Waals surface area contributed by atoms with E-state index in [0.717, 1.165) is 17.7 Å². The van der Waals surface area contributed by atoms with Crippen LogP contribution in [0.1, 0.15) is 32.1 Å². The fourth-order valence-electron chi connectivity index (χ4n) is 4.51. The first-order chi connectivity index (χ1) is 16.8. The fourth-order valence-corrected chi connectivity index (χ4v) is 4.51. The molecule has 3 aromatic rings. The van der Waals surface area contributed by atoms with Crippen LogP contribution in [0.3, 0.4) is 0 Å². The van der Waals surface area contributed by atoms with E-state index in [-0.39, 0.29) is 17.5 Å². The standard InChI is InChI=1S/C25H24F3N5O2/c26-25(27,28)19-7-4-8-20(15-19)30-9-11-31(12-10-30)23(34)21-16-22-24(35)32(13-14-33(22)29-21)17-18-5-2-1-3-6-18/h1-8,15-16H,9-14,17H2. The van der Waals surface area contributed by atoms with E-state index < -0.39 is 11.7 Å². The summed E-state index contributed by atoms with van der Waals surface area (Å²) in [6, 6.07) is 16.5. The predicted molar refractivity (Wildman–Crippen MR) is 123 cm³/mol. The number of rotatable bonds is 4. The summed E-state index contributed by atoms with van der Waals surface area (Å²) in [6.45, 7) is 3.02. The van der Waals surface area contributed by atoms with Gasteiger partial charge in [-0.3, -0.25) is 14.3 Å². The van der Waals surface area contributed by atoms with E-state index in [1.165, 1.54) is 6.07 Å². The molecule has 2 aliphatic heterocycles. The number of benzene rings is 2. The Morgan fingerprint density at radius 3 is 2.34 bits per heavy atom. The third kappa shape index (κ3) is 4.73. The molecular formula is C25H24F3N5O2. The molecule has 0 N–H and O–H groups in total. The van der Waals surface area contributed by atoms with Crippen LogP contribution in [0.4, 0.5) is 18.9 Å². The summed E-state index contributed by atoms with van der Waals surface area (Å²) in [5, 5.41) is 4.37. The molecule has 0 aliphatic carbocycles. The number of fused-ring (bicyclic) bond motifs is 1. The number of piperazine rings is 1. The van der Waals surface area contributed by atoms with Gasteiger partial charge in [0.2, 0.25) is 0 Å². The Morgan fingerprint density at radius 1 is 0.886 bits per heavy atom. The molecule has 1 saturated heterocycles. The molecule has 1 fully saturated rings. The number of carbonyl (C=O) groups excluding carboxylic acids is 2.